The normalized spacial score (nSPS) is 21.7. The molecule has 1 amide bonds. The number of esters is 2. The average Bonchev–Trinajstić information content (AvgIpc) is 3.43. The summed E-state index contributed by atoms with van der Waals surface area (Å²) in [6.45, 7) is 3.67. The fourth-order valence-electron chi connectivity index (χ4n) is 4.83. The van der Waals surface area contributed by atoms with Crippen molar-refractivity contribution in [3.05, 3.63) is 76.0 Å². The van der Waals surface area contributed by atoms with Crippen molar-refractivity contribution in [3.8, 4) is 11.3 Å². The van der Waals surface area contributed by atoms with E-state index in [-0.39, 0.29) is 42.4 Å². The zero-order valence-corrected chi connectivity index (χ0v) is 22.0. The number of benzene rings is 2. The summed E-state index contributed by atoms with van der Waals surface area (Å²) in [5.41, 5.74) is 1.70. The number of nitro groups is 1. The van der Waals surface area contributed by atoms with Gasteiger partial charge >= 0.3 is 11.9 Å². The molecule has 2 fully saturated rings. The predicted octanol–water partition coefficient (Wildman–Crippen LogP) is 3.21. The number of thioether (sulfide) groups is 1. The maximum atomic E-state index is 13.4. The number of carbonyl (C=O) groups is 3. The van der Waals surface area contributed by atoms with Gasteiger partial charge in [-0.3, -0.25) is 14.9 Å². The van der Waals surface area contributed by atoms with E-state index in [0.717, 1.165) is 0 Å². The molecular formula is C26H25N5O7S. The van der Waals surface area contributed by atoms with E-state index in [1.54, 1.807) is 6.92 Å². The van der Waals surface area contributed by atoms with Crippen molar-refractivity contribution in [2.45, 2.75) is 49.6 Å². The van der Waals surface area contributed by atoms with Crippen LogP contribution in [0.25, 0.3) is 11.3 Å². The molecule has 13 heteroatoms. The molecule has 0 N–H and O–H groups in total. The number of fused-ring (bicyclic) bond motifs is 1. The topological polar surface area (TPSA) is 147 Å². The van der Waals surface area contributed by atoms with Crippen LogP contribution in [-0.4, -0.2) is 65.4 Å². The number of ether oxygens (including phenoxy) is 2. The van der Waals surface area contributed by atoms with Gasteiger partial charge in [-0.15, -0.1) is 16.9 Å². The molecule has 2 aliphatic rings. The molecule has 0 bridgehead atoms. The molecule has 2 aliphatic heterocycles. The highest BCUT2D eigenvalue weighted by atomic mass is 32.2. The second kappa shape index (κ2) is 10.5. The number of nitro benzene ring substituents is 1. The Hall–Kier alpha value is -4.26. The first-order chi connectivity index (χ1) is 18.7. The third-order valence-corrected chi connectivity index (χ3v) is 8.23. The molecule has 202 valence electrons. The summed E-state index contributed by atoms with van der Waals surface area (Å²) in [4.78, 5) is 50.8. The largest absolute Gasteiger partial charge is 0.461 e. The van der Waals surface area contributed by atoms with Gasteiger partial charge in [0.15, 0.2) is 5.69 Å². The SMILES string of the molecule is CCOC(=O)c1c(-c2ccccc2)nnn1C[C@]1(C)S[C@@H]2CC(=O)N2[C@H]1C(=O)OCc1ccc([N+](=O)[O-])cc1. The minimum absolute atomic E-state index is 0.0704. The maximum Gasteiger partial charge on any atom is 0.358 e. The second-order valence-corrected chi connectivity index (χ2v) is 11.1. The Morgan fingerprint density at radius 3 is 2.51 bits per heavy atom. The number of carbonyl (C=O) groups excluding carboxylic acids is 3. The summed E-state index contributed by atoms with van der Waals surface area (Å²) >= 11 is 1.45. The lowest BCUT2D eigenvalue weighted by molar-refractivity contribution is -0.384. The van der Waals surface area contributed by atoms with E-state index in [2.05, 4.69) is 10.3 Å². The molecule has 0 aliphatic carbocycles. The van der Waals surface area contributed by atoms with Gasteiger partial charge in [-0.25, -0.2) is 14.3 Å². The number of hydrogen-bond acceptors (Lipinski definition) is 10. The van der Waals surface area contributed by atoms with Crippen molar-refractivity contribution in [1.82, 2.24) is 19.9 Å². The van der Waals surface area contributed by atoms with Gasteiger partial charge in [0.25, 0.3) is 5.69 Å². The number of nitrogens with zero attached hydrogens (tertiary/aromatic N) is 5. The summed E-state index contributed by atoms with van der Waals surface area (Å²) in [6.07, 6.45) is 0.295. The number of β-lactam (4-membered cyclic amide) rings is 1. The van der Waals surface area contributed by atoms with Crippen LogP contribution in [0.1, 0.15) is 36.3 Å². The number of non-ortho nitro benzene ring substituents is 1. The smallest absolute Gasteiger partial charge is 0.358 e. The average molecular weight is 552 g/mol. The molecule has 0 radical (unpaired) electrons. The van der Waals surface area contributed by atoms with Crippen LogP contribution < -0.4 is 0 Å². The molecule has 3 aromatic rings. The van der Waals surface area contributed by atoms with Crippen LogP contribution in [0.4, 0.5) is 5.69 Å². The zero-order valence-electron chi connectivity index (χ0n) is 21.2. The first kappa shape index (κ1) is 26.4. The van der Waals surface area contributed by atoms with Crippen LogP contribution in [-0.2, 0) is 32.2 Å². The predicted molar refractivity (Wildman–Crippen MR) is 139 cm³/mol. The van der Waals surface area contributed by atoms with Crippen LogP contribution >= 0.6 is 11.8 Å². The highest BCUT2D eigenvalue weighted by Crippen LogP contribution is 2.52. The molecular weight excluding hydrogens is 526 g/mol. The number of hydrogen-bond donors (Lipinski definition) is 0. The minimum Gasteiger partial charge on any atom is -0.461 e. The standard InChI is InChI=1S/C26H25N5O7S/c1-3-37-24(33)22-21(17-7-5-4-6-8-17)27-28-29(22)15-26(2)23(30-19(32)13-20(30)39-26)25(34)38-14-16-9-11-18(12-10-16)31(35)36/h4-12,20,23H,3,13-15H2,1-2H3/t20-,23+,26+/m1/s1. The Morgan fingerprint density at radius 1 is 1.15 bits per heavy atom. The molecule has 39 heavy (non-hydrogen) atoms. The lowest BCUT2D eigenvalue weighted by atomic mass is 9.96. The summed E-state index contributed by atoms with van der Waals surface area (Å²) in [6, 6.07) is 13.9. The van der Waals surface area contributed by atoms with Gasteiger partial charge in [-0.2, -0.15) is 0 Å². The lowest BCUT2D eigenvalue weighted by Crippen LogP contribution is -2.58. The van der Waals surface area contributed by atoms with Crippen LogP contribution in [0.3, 0.4) is 0 Å². The summed E-state index contributed by atoms with van der Waals surface area (Å²) in [5, 5.41) is 19.2. The first-order valence-corrected chi connectivity index (χ1v) is 13.1. The van der Waals surface area contributed by atoms with E-state index in [0.29, 0.717) is 23.2 Å². The highest BCUT2D eigenvalue weighted by molar-refractivity contribution is 8.01. The van der Waals surface area contributed by atoms with Crippen molar-refractivity contribution in [1.29, 1.82) is 0 Å². The molecule has 0 unspecified atom stereocenters. The van der Waals surface area contributed by atoms with Gasteiger partial charge in [0, 0.05) is 17.7 Å². The third-order valence-electron chi connectivity index (χ3n) is 6.68. The van der Waals surface area contributed by atoms with E-state index < -0.39 is 27.7 Å². The van der Waals surface area contributed by atoms with E-state index >= 15 is 0 Å². The Balaban J connectivity index is 1.42. The number of amides is 1. The van der Waals surface area contributed by atoms with E-state index in [1.165, 1.54) is 45.6 Å². The van der Waals surface area contributed by atoms with Gasteiger partial charge in [-0.1, -0.05) is 35.5 Å². The van der Waals surface area contributed by atoms with Crippen molar-refractivity contribution < 1.29 is 28.8 Å². The molecule has 1 aromatic heterocycles. The van der Waals surface area contributed by atoms with Gasteiger partial charge in [0.05, 0.1) is 34.6 Å². The van der Waals surface area contributed by atoms with Crippen molar-refractivity contribution in [2.75, 3.05) is 6.61 Å². The van der Waals surface area contributed by atoms with Crippen molar-refractivity contribution in [3.63, 3.8) is 0 Å². The van der Waals surface area contributed by atoms with E-state index in [4.69, 9.17) is 9.47 Å². The molecule has 2 aromatic carbocycles. The Labute approximate surface area is 227 Å². The number of aromatic nitrogens is 3. The van der Waals surface area contributed by atoms with Crippen molar-refractivity contribution in [2.24, 2.45) is 0 Å². The molecule has 2 saturated heterocycles. The maximum absolute atomic E-state index is 13.4. The van der Waals surface area contributed by atoms with Crippen molar-refractivity contribution >= 4 is 35.3 Å². The van der Waals surface area contributed by atoms with Crippen LogP contribution in [0.2, 0.25) is 0 Å². The molecule has 12 nitrogen and oxygen atoms in total. The molecule has 3 heterocycles. The Morgan fingerprint density at radius 2 is 1.87 bits per heavy atom. The summed E-state index contributed by atoms with van der Waals surface area (Å²) in [5.74, 6) is -1.37. The van der Waals surface area contributed by atoms with E-state index in [9.17, 15) is 24.5 Å². The van der Waals surface area contributed by atoms with Gasteiger partial charge < -0.3 is 14.4 Å². The van der Waals surface area contributed by atoms with Gasteiger partial charge in [-0.05, 0) is 31.5 Å². The fourth-order valence-corrected chi connectivity index (χ4v) is 6.56. The highest BCUT2D eigenvalue weighted by Gasteiger charge is 2.61. The van der Waals surface area contributed by atoms with Crippen LogP contribution in [0, 0.1) is 10.1 Å². The molecule has 0 saturated carbocycles. The molecule has 0 spiro atoms. The van der Waals surface area contributed by atoms with Gasteiger partial charge in [0.2, 0.25) is 5.91 Å². The third kappa shape index (κ3) is 4.97. The summed E-state index contributed by atoms with van der Waals surface area (Å²) in [7, 11) is 0. The second-order valence-electron chi connectivity index (χ2n) is 9.35. The quantitative estimate of drug-likeness (QED) is 0.168. The lowest BCUT2D eigenvalue weighted by Gasteiger charge is -2.37. The molecule has 3 atom stereocenters. The number of rotatable bonds is 9. The molecule has 5 rings (SSSR count). The minimum atomic E-state index is -0.939. The fraction of sp³-hybridized carbons (Fsp3) is 0.346. The summed E-state index contributed by atoms with van der Waals surface area (Å²) < 4.78 is 11.4. The van der Waals surface area contributed by atoms with Crippen LogP contribution in [0.15, 0.2) is 54.6 Å². The Bertz CT molecular complexity index is 1430. The van der Waals surface area contributed by atoms with Gasteiger partial charge in [0.1, 0.15) is 18.3 Å². The van der Waals surface area contributed by atoms with Crippen LogP contribution in [0.5, 0.6) is 0 Å². The first-order valence-electron chi connectivity index (χ1n) is 12.3. The monoisotopic (exact) mass is 551 g/mol. The zero-order chi connectivity index (χ0) is 27.7. The Kier molecular flexibility index (Phi) is 7.08. The van der Waals surface area contributed by atoms with E-state index in [1.807, 2.05) is 37.3 Å².